The number of halogens is 3. The summed E-state index contributed by atoms with van der Waals surface area (Å²) in [5.41, 5.74) is 0.933. The van der Waals surface area contributed by atoms with E-state index < -0.39 is 6.36 Å². The zero-order valence-electron chi connectivity index (χ0n) is 13.8. The van der Waals surface area contributed by atoms with E-state index in [0.717, 1.165) is 0 Å². The van der Waals surface area contributed by atoms with Gasteiger partial charge in [0.15, 0.2) is 6.29 Å². The van der Waals surface area contributed by atoms with Gasteiger partial charge in [0.25, 0.3) is 0 Å². The van der Waals surface area contributed by atoms with Crippen LogP contribution in [0.1, 0.15) is 10.4 Å². The summed E-state index contributed by atoms with van der Waals surface area (Å²) in [7, 11) is 3.79. The van der Waals surface area contributed by atoms with E-state index in [-0.39, 0.29) is 16.9 Å². The van der Waals surface area contributed by atoms with Crippen molar-refractivity contribution in [3.8, 4) is 22.6 Å². The predicted molar refractivity (Wildman–Crippen MR) is 88.0 cm³/mol. The number of aldehydes is 1. The number of alkyl halides is 3. The van der Waals surface area contributed by atoms with Crippen molar-refractivity contribution in [2.24, 2.45) is 0 Å². The fourth-order valence-corrected chi connectivity index (χ4v) is 2.20. The van der Waals surface area contributed by atoms with E-state index in [1.165, 1.54) is 24.3 Å². The average molecular weight is 353 g/mol. The van der Waals surface area contributed by atoms with Crippen LogP contribution >= 0.6 is 0 Å². The number of hydrogen-bond donors (Lipinski definition) is 0. The molecular weight excluding hydrogens is 335 g/mol. The Labute approximate surface area is 143 Å². The molecule has 0 unspecified atom stereocenters. The Balaban J connectivity index is 2.30. The highest BCUT2D eigenvalue weighted by Gasteiger charge is 2.32. The van der Waals surface area contributed by atoms with E-state index >= 15 is 0 Å². The van der Waals surface area contributed by atoms with Gasteiger partial charge >= 0.3 is 6.36 Å². The molecule has 0 bridgehead atoms. The first-order valence-electron chi connectivity index (χ1n) is 7.52. The monoisotopic (exact) mass is 353 g/mol. The molecule has 7 heteroatoms. The van der Waals surface area contributed by atoms with Crippen LogP contribution < -0.4 is 9.47 Å². The molecule has 0 spiro atoms. The molecular formula is C18H18F3NO3. The smallest absolute Gasteiger partial charge is 0.492 e. The Morgan fingerprint density at radius 2 is 1.80 bits per heavy atom. The lowest BCUT2D eigenvalue weighted by Crippen LogP contribution is -2.19. The molecule has 4 nitrogen and oxygen atoms in total. The maximum atomic E-state index is 12.5. The summed E-state index contributed by atoms with van der Waals surface area (Å²) in [6, 6.07) is 10.4. The SMILES string of the molecule is CN(C)CCOc1ccc(-c2ccccc2OC(F)(F)F)cc1C=O. The van der Waals surface area contributed by atoms with Crippen LogP contribution in [0.3, 0.4) is 0 Å². The van der Waals surface area contributed by atoms with Gasteiger partial charge in [0.1, 0.15) is 18.1 Å². The largest absolute Gasteiger partial charge is 0.573 e. The molecule has 2 rings (SSSR count). The van der Waals surface area contributed by atoms with Gasteiger partial charge in [-0.3, -0.25) is 4.79 Å². The van der Waals surface area contributed by atoms with Crippen LogP contribution in [0.2, 0.25) is 0 Å². The van der Waals surface area contributed by atoms with Crippen molar-refractivity contribution in [2.45, 2.75) is 6.36 Å². The summed E-state index contributed by atoms with van der Waals surface area (Å²) in [5.74, 6) is 0.0583. The molecule has 0 aliphatic carbocycles. The number of hydrogen-bond acceptors (Lipinski definition) is 4. The quantitative estimate of drug-likeness (QED) is 0.705. The van der Waals surface area contributed by atoms with E-state index in [2.05, 4.69) is 4.74 Å². The van der Waals surface area contributed by atoms with Crippen LogP contribution in [0.4, 0.5) is 13.2 Å². The minimum Gasteiger partial charge on any atom is -0.492 e. The van der Waals surface area contributed by atoms with Crippen LogP contribution in [0, 0.1) is 0 Å². The molecule has 25 heavy (non-hydrogen) atoms. The molecule has 2 aromatic rings. The van der Waals surface area contributed by atoms with E-state index in [1.54, 1.807) is 18.2 Å². The van der Waals surface area contributed by atoms with Crippen LogP contribution in [-0.2, 0) is 0 Å². The number of likely N-dealkylation sites (N-methyl/N-ethyl adjacent to an activating group) is 1. The Morgan fingerprint density at radius 3 is 2.44 bits per heavy atom. The highest BCUT2D eigenvalue weighted by molar-refractivity contribution is 5.84. The van der Waals surface area contributed by atoms with Crippen LogP contribution in [0.5, 0.6) is 11.5 Å². The summed E-state index contributed by atoms with van der Waals surface area (Å²) in [4.78, 5) is 13.3. The van der Waals surface area contributed by atoms with Crippen molar-refractivity contribution in [1.29, 1.82) is 0 Å². The number of nitrogens with zero attached hydrogens (tertiary/aromatic N) is 1. The van der Waals surface area contributed by atoms with E-state index in [1.807, 2.05) is 19.0 Å². The molecule has 0 aliphatic heterocycles. The van der Waals surface area contributed by atoms with Crippen LogP contribution in [0.25, 0.3) is 11.1 Å². The van der Waals surface area contributed by atoms with Crippen molar-refractivity contribution in [1.82, 2.24) is 4.90 Å². The van der Waals surface area contributed by atoms with Gasteiger partial charge in [0.2, 0.25) is 0 Å². The van der Waals surface area contributed by atoms with Gasteiger partial charge in [-0.2, -0.15) is 0 Å². The summed E-state index contributed by atoms with van der Waals surface area (Å²) in [6.45, 7) is 1.06. The van der Waals surface area contributed by atoms with Gasteiger partial charge in [-0.15, -0.1) is 13.2 Å². The lowest BCUT2D eigenvalue weighted by molar-refractivity contribution is -0.274. The Bertz CT molecular complexity index is 730. The van der Waals surface area contributed by atoms with Gasteiger partial charge in [0.05, 0.1) is 5.56 Å². The van der Waals surface area contributed by atoms with E-state index in [9.17, 15) is 18.0 Å². The van der Waals surface area contributed by atoms with Gasteiger partial charge in [-0.1, -0.05) is 24.3 Å². The van der Waals surface area contributed by atoms with Crippen LogP contribution in [-0.4, -0.2) is 44.8 Å². The normalized spacial score (nSPS) is 11.4. The first-order chi connectivity index (χ1) is 11.8. The second-order valence-corrected chi connectivity index (χ2v) is 5.57. The van der Waals surface area contributed by atoms with Gasteiger partial charge in [0, 0.05) is 12.1 Å². The molecule has 0 atom stereocenters. The van der Waals surface area contributed by atoms with Crippen molar-refractivity contribution in [3.63, 3.8) is 0 Å². The molecule has 0 radical (unpaired) electrons. The first kappa shape index (κ1) is 18.8. The molecule has 0 heterocycles. The number of rotatable bonds is 7. The van der Waals surface area contributed by atoms with Crippen molar-refractivity contribution < 1.29 is 27.4 Å². The lowest BCUT2D eigenvalue weighted by Gasteiger charge is -2.15. The minimum absolute atomic E-state index is 0.239. The third kappa shape index (κ3) is 5.49. The van der Waals surface area contributed by atoms with Crippen molar-refractivity contribution >= 4 is 6.29 Å². The molecule has 134 valence electrons. The predicted octanol–water partition coefficient (Wildman–Crippen LogP) is 4.01. The van der Waals surface area contributed by atoms with Crippen LogP contribution in [0.15, 0.2) is 42.5 Å². The second kappa shape index (κ2) is 8.02. The Hall–Kier alpha value is -2.54. The van der Waals surface area contributed by atoms with Gasteiger partial charge in [-0.05, 0) is 37.9 Å². The molecule has 0 N–H and O–H groups in total. The van der Waals surface area contributed by atoms with E-state index in [4.69, 9.17) is 4.74 Å². The number of ether oxygens (including phenoxy) is 2. The average Bonchev–Trinajstić information content (AvgIpc) is 2.54. The molecule has 0 aliphatic rings. The fraction of sp³-hybridized carbons (Fsp3) is 0.278. The number of benzene rings is 2. The summed E-state index contributed by atoms with van der Waals surface area (Å²) >= 11 is 0. The van der Waals surface area contributed by atoms with Gasteiger partial charge in [-0.25, -0.2) is 0 Å². The Kier molecular flexibility index (Phi) is 6.03. The zero-order valence-corrected chi connectivity index (χ0v) is 13.8. The molecule has 0 saturated heterocycles. The van der Waals surface area contributed by atoms with E-state index in [0.29, 0.717) is 30.8 Å². The maximum absolute atomic E-state index is 12.5. The summed E-state index contributed by atoms with van der Waals surface area (Å²) < 4.78 is 47.3. The fourth-order valence-electron chi connectivity index (χ4n) is 2.20. The maximum Gasteiger partial charge on any atom is 0.573 e. The third-order valence-electron chi connectivity index (χ3n) is 3.36. The topological polar surface area (TPSA) is 38.8 Å². The van der Waals surface area contributed by atoms with Gasteiger partial charge < -0.3 is 14.4 Å². The third-order valence-corrected chi connectivity index (χ3v) is 3.36. The molecule has 0 amide bonds. The number of para-hydroxylation sites is 1. The summed E-state index contributed by atoms with van der Waals surface area (Å²) in [6.07, 6.45) is -4.18. The number of carbonyl (C=O) groups excluding carboxylic acids is 1. The number of carbonyl (C=O) groups is 1. The lowest BCUT2D eigenvalue weighted by atomic mass is 10.0. The highest BCUT2D eigenvalue weighted by Crippen LogP contribution is 2.35. The summed E-state index contributed by atoms with van der Waals surface area (Å²) in [5, 5.41) is 0. The molecule has 2 aromatic carbocycles. The molecule has 0 fully saturated rings. The second-order valence-electron chi connectivity index (χ2n) is 5.57. The Morgan fingerprint density at radius 1 is 1.08 bits per heavy atom. The molecule has 0 aromatic heterocycles. The highest BCUT2D eigenvalue weighted by atomic mass is 19.4. The minimum atomic E-state index is -4.79. The molecule has 0 saturated carbocycles. The van der Waals surface area contributed by atoms with Crippen molar-refractivity contribution in [2.75, 3.05) is 27.2 Å². The van der Waals surface area contributed by atoms with Crippen molar-refractivity contribution in [3.05, 3.63) is 48.0 Å². The zero-order chi connectivity index (χ0) is 18.4. The standard InChI is InChI=1S/C18H18F3NO3/c1-22(2)9-10-24-16-8-7-13(11-14(16)12-23)15-5-3-4-6-17(15)25-18(19,20)21/h3-8,11-12H,9-10H2,1-2H3. The first-order valence-corrected chi connectivity index (χ1v) is 7.52.